The molecule has 0 amide bonds. The second-order valence-electron chi connectivity index (χ2n) is 18.7. The second kappa shape index (κ2) is 43.6. The van der Waals surface area contributed by atoms with Gasteiger partial charge in [-0.15, -0.1) is 0 Å². The van der Waals surface area contributed by atoms with Gasteiger partial charge in [-0.1, -0.05) is 244 Å². The molecule has 0 heterocycles. The Morgan fingerprint density at radius 3 is 0.902 bits per heavy atom. The van der Waals surface area contributed by atoms with Gasteiger partial charge in [-0.3, -0.25) is 14.4 Å². The second-order valence-corrected chi connectivity index (χ2v) is 18.7. The maximum Gasteiger partial charge on any atom is 0.219 e. The minimum atomic E-state index is -2.93. The fraction of sp³-hybridized carbons (Fsp3) is 0.873. The summed E-state index contributed by atoms with van der Waals surface area (Å²) in [6.45, 7) is 5.57. The minimum absolute atomic E-state index is 0.0830. The first-order valence-corrected chi connectivity index (χ1v) is 26.7. The Morgan fingerprint density at radius 1 is 0.344 bits per heavy atom. The first-order valence-electron chi connectivity index (χ1n) is 26.7. The van der Waals surface area contributed by atoms with Gasteiger partial charge in [0.1, 0.15) is 0 Å². The zero-order valence-electron chi connectivity index (χ0n) is 40.8. The molecule has 0 saturated heterocycles. The van der Waals surface area contributed by atoms with Crippen LogP contribution in [0.5, 0.6) is 0 Å². The van der Waals surface area contributed by atoms with Crippen molar-refractivity contribution < 1.29 is 29.7 Å². The smallest absolute Gasteiger partial charge is 0.219 e. The number of aliphatic hydroxyl groups is 3. The number of hydrogen-bond donors (Lipinski definition) is 3. The fourth-order valence-corrected chi connectivity index (χ4v) is 8.65. The highest BCUT2D eigenvalue weighted by atomic mass is 16.4. The van der Waals surface area contributed by atoms with E-state index in [1.807, 2.05) is 0 Å². The molecule has 0 spiro atoms. The van der Waals surface area contributed by atoms with Gasteiger partial charge in [0, 0.05) is 19.3 Å². The van der Waals surface area contributed by atoms with Crippen LogP contribution in [0.15, 0.2) is 24.3 Å². The molecule has 0 aromatic rings. The zero-order chi connectivity index (χ0) is 45.0. The molecule has 0 aliphatic rings. The van der Waals surface area contributed by atoms with Gasteiger partial charge in [-0.25, -0.2) is 0 Å². The lowest BCUT2D eigenvalue weighted by Gasteiger charge is -2.39. The zero-order valence-corrected chi connectivity index (χ0v) is 40.8. The molecule has 6 heteroatoms. The van der Waals surface area contributed by atoms with Gasteiger partial charge in [0.2, 0.25) is 5.60 Å². The van der Waals surface area contributed by atoms with Crippen molar-refractivity contribution in [3.8, 4) is 0 Å². The standard InChI is InChI=1S/C55H102O6/c1-4-7-10-13-16-19-22-25-27-30-33-36-39-42-45-48-52(58)55(61,53(59)49-46-43-40-37-34-31-28-26-23-20-17-14-11-8-5-2)54(60,50-56)51(57)47-44-41-38-35-32-29-24-21-18-15-12-9-6-3/h16,19,25,27,56,60-61H,4-15,17-18,20-24,26,28-50H2,1-3H3/b19-16-,27-25-. The van der Waals surface area contributed by atoms with E-state index in [-0.39, 0.29) is 19.3 Å². The number of rotatable bonds is 49. The van der Waals surface area contributed by atoms with Crippen LogP contribution in [-0.2, 0) is 14.4 Å². The number of ketones is 3. The highest BCUT2D eigenvalue weighted by Gasteiger charge is 2.62. The van der Waals surface area contributed by atoms with Crippen LogP contribution < -0.4 is 0 Å². The van der Waals surface area contributed by atoms with Crippen LogP contribution in [0.2, 0.25) is 0 Å². The average Bonchev–Trinajstić information content (AvgIpc) is 3.26. The van der Waals surface area contributed by atoms with E-state index in [2.05, 4.69) is 45.1 Å². The molecule has 2 unspecified atom stereocenters. The van der Waals surface area contributed by atoms with Crippen LogP contribution in [0.1, 0.15) is 290 Å². The van der Waals surface area contributed by atoms with E-state index in [0.29, 0.717) is 19.3 Å². The summed E-state index contributed by atoms with van der Waals surface area (Å²) in [7, 11) is 0. The van der Waals surface area contributed by atoms with Gasteiger partial charge in [-0.2, -0.15) is 0 Å². The molecular formula is C55H102O6. The van der Waals surface area contributed by atoms with Crippen molar-refractivity contribution in [2.24, 2.45) is 0 Å². The van der Waals surface area contributed by atoms with Crippen LogP contribution in [0.25, 0.3) is 0 Å². The van der Waals surface area contributed by atoms with Crippen molar-refractivity contribution in [2.45, 2.75) is 302 Å². The van der Waals surface area contributed by atoms with Crippen molar-refractivity contribution >= 4 is 17.3 Å². The Hall–Kier alpha value is -1.63. The van der Waals surface area contributed by atoms with Crippen LogP contribution in [0, 0.1) is 0 Å². The van der Waals surface area contributed by atoms with Crippen molar-refractivity contribution in [1.29, 1.82) is 0 Å². The third kappa shape index (κ3) is 31.0. The van der Waals surface area contributed by atoms with Crippen molar-refractivity contribution in [3.05, 3.63) is 24.3 Å². The van der Waals surface area contributed by atoms with E-state index in [0.717, 1.165) is 83.5 Å². The topological polar surface area (TPSA) is 112 Å². The predicted molar refractivity (Wildman–Crippen MR) is 261 cm³/mol. The Bertz CT molecular complexity index is 1070. The molecule has 358 valence electrons. The molecule has 0 fully saturated rings. The number of aliphatic hydroxyl groups excluding tert-OH is 1. The molecule has 6 nitrogen and oxygen atoms in total. The van der Waals surface area contributed by atoms with Crippen LogP contribution in [-0.4, -0.2) is 50.5 Å². The summed E-state index contributed by atoms with van der Waals surface area (Å²) in [5.74, 6) is -2.47. The highest BCUT2D eigenvalue weighted by molar-refractivity contribution is 6.16. The Morgan fingerprint density at radius 2 is 0.590 bits per heavy atom. The monoisotopic (exact) mass is 859 g/mol. The number of unbranched alkanes of at least 4 members (excludes halogenated alkanes) is 34. The van der Waals surface area contributed by atoms with Crippen LogP contribution in [0.3, 0.4) is 0 Å². The van der Waals surface area contributed by atoms with E-state index in [9.17, 15) is 29.7 Å². The quantitative estimate of drug-likeness (QED) is 0.0319. The van der Waals surface area contributed by atoms with E-state index in [1.165, 1.54) is 148 Å². The van der Waals surface area contributed by atoms with Gasteiger partial charge >= 0.3 is 0 Å². The number of allylic oxidation sites excluding steroid dienone is 4. The minimum Gasteiger partial charge on any atom is -0.393 e. The van der Waals surface area contributed by atoms with E-state index in [4.69, 9.17) is 0 Å². The third-order valence-corrected chi connectivity index (χ3v) is 13.0. The molecule has 0 aliphatic carbocycles. The fourth-order valence-electron chi connectivity index (χ4n) is 8.65. The van der Waals surface area contributed by atoms with Crippen molar-refractivity contribution in [1.82, 2.24) is 0 Å². The summed E-state index contributed by atoms with van der Waals surface area (Å²) < 4.78 is 0. The molecule has 0 rings (SSSR count). The summed E-state index contributed by atoms with van der Waals surface area (Å²) in [6, 6.07) is 0. The summed E-state index contributed by atoms with van der Waals surface area (Å²) >= 11 is 0. The van der Waals surface area contributed by atoms with Gasteiger partial charge < -0.3 is 15.3 Å². The van der Waals surface area contributed by atoms with Gasteiger partial charge in [0.05, 0.1) is 6.61 Å². The predicted octanol–water partition coefficient (Wildman–Crippen LogP) is 15.7. The van der Waals surface area contributed by atoms with Crippen LogP contribution >= 0.6 is 0 Å². The summed E-state index contributed by atoms with van der Waals surface area (Å²) in [5, 5.41) is 34.1. The number of hydrogen-bond acceptors (Lipinski definition) is 6. The lowest BCUT2D eigenvalue weighted by atomic mass is 9.71. The van der Waals surface area contributed by atoms with Crippen LogP contribution in [0.4, 0.5) is 0 Å². The van der Waals surface area contributed by atoms with E-state index < -0.39 is 35.2 Å². The third-order valence-electron chi connectivity index (χ3n) is 13.0. The summed E-state index contributed by atoms with van der Waals surface area (Å²) in [4.78, 5) is 41.2. The van der Waals surface area contributed by atoms with Gasteiger partial charge in [0.25, 0.3) is 0 Å². The average molecular weight is 859 g/mol. The van der Waals surface area contributed by atoms with Gasteiger partial charge in [0.15, 0.2) is 23.0 Å². The Labute approximate surface area is 378 Å². The van der Waals surface area contributed by atoms with E-state index >= 15 is 0 Å². The molecule has 3 N–H and O–H groups in total. The molecule has 0 aromatic heterocycles. The molecule has 0 bridgehead atoms. The molecule has 61 heavy (non-hydrogen) atoms. The summed E-state index contributed by atoms with van der Waals surface area (Å²) in [6.07, 6.45) is 52.4. The summed E-state index contributed by atoms with van der Waals surface area (Å²) in [5.41, 5.74) is -5.76. The number of Topliss-reactive ketones (excluding diaryl/α,β-unsaturated/α-hetero) is 3. The van der Waals surface area contributed by atoms with Crippen molar-refractivity contribution in [2.75, 3.05) is 6.61 Å². The lowest BCUT2D eigenvalue weighted by Crippen LogP contribution is -2.69. The van der Waals surface area contributed by atoms with Crippen molar-refractivity contribution in [3.63, 3.8) is 0 Å². The number of carbonyl (C=O) groups excluding carboxylic acids is 3. The SMILES string of the molecule is CCCCC/C=C\C/C=C\CCCCCCCC(=O)C(O)(C(=O)CCCCCCCCCCCCCCCCC)C(O)(CO)C(=O)CCCCCCCCCCCCCCC. The molecule has 2 atom stereocenters. The molecule has 0 aliphatic heterocycles. The molecular weight excluding hydrogens is 757 g/mol. The largest absolute Gasteiger partial charge is 0.393 e. The maximum absolute atomic E-state index is 13.8. The highest BCUT2D eigenvalue weighted by Crippen LogP contribution is 2.32. The lowest BCUT2D eigenvalue weighted by molar-refractivity contribution is -0.194. The number of carbonyl (C=O) groups is 3. The first kappa shape index (κ1) is 59.4. The maximum atomic E-state index is 13.8. The first-order chi connectivity index (χ1) is 29.8. The molecule has 0 aromatic carbocycles. The van der Waals surface area contributed by atoms with Gasteiger partial charge in [-0.05, 0) is 51.4 Å². The normalized spacial score (nSPS) is 13.9. The molecule has 0 saturated carbocycles. The Balaban J connectivity index is 4.95. The molecule has 0 radical (unpaired) electrons. The Kier molecular flexibility index (Phi) is 42.4. The van der Waals surface area contributed by atoms with E-state index in [1.54, 1.807) is 0 Å².